The Bertz CT molecular complexity index is 1250. The van der Waals surface area contributed by atoms with Crippen molar-refractivity contribution in [2.24, 2.45) is 7.05 Å². The highest BCUT2D eigenvalue weighted by Gasteiger charge is 2.32. The minimum atomic E-state index is -0.615. The van der Waals surface area contributed by atoms with Gasteiger partial charge in [0.15, 0.2) is 12.3 Å². The van der Waals surface area contributed by atoms with Gasteiger partial charge < -0.3 is 14.8 Å². The number of rotatable bonds is 7. The number of thiazole rings is 1. The van der Waals surface area contributed by atoms with Crippen LogP contribution in [0.25, 0.3) is 10.9 Å². The highest BCUT2D eigenvalue weighted by atomic mass is 32.1. The summed E-state index contributed by atoms with van der Waals surface area (Å²) < 4.78 is 12.3. The number of esters is 1. The van der Waals surface area contributed by atoms with Crippen LogP contribution in [0.1, 0.15) is 41.9 Å². The first-order valence-corrected chi connectivity index (χ1v) is 11.1. The fraction of sp³-hybridized carbons (Fsp3) is 0.333. The smallest absolute Gasteiger partial charge is 0.360 e. The monoisotopic (exact) mass is 471 g/mol. The SMILES string of the molecule is CCOC(=O)c1ncsc1NC(=O)COc1cccc2c(C3CCC(=O)NC3=O)nn(C)c12. The Morgan fingerprint density at radius 3 is 2.91 bits per heavy atom. The Morgan fingerprint density at radius 2 is 2.15 bits per heavy atom. The van der Waals surface area contributed by atoms with Crippen LogP contribution in [0.5, 0.6) is 5.75 Å². The zero-order chi connectivity index (χ0) is 23.5. The summed E-state index contributed by atoms with van der Waals surface area (Å²) >= 11 is 1.10. The second-order valence-electron chi connectivity index (χ2n) is 7.25. The molecule has 12 heteroatoms. The van der Waals surface area contributed by atoms with E-state index in [2.05, 4.69) is 20.7 Å². The van der Waals surface area contributed by atoms with Gasteiger partial charge in [0.2, 0.25) is 11.8 Å². The molecule has 1 saturated heterocycles. The summed E-state index contributed by atoms with van der Waals surface area (Å²) in [5.41, 5.74) is 2.65. The van der Waals surface area contributed by atoms with Crippen LogP contribution in [0.2, 0.25) is 0 Å². The van der Waals surface area contributed by atoms with Crippen LogP contribution in [-0.2, 0) is 26.2 Å². The van der Waals surface area contributed by atoms with E-state index in [1.807, 2.05) is 6.07 Å². The molecule has 3 amide bonds. The van der Waals surface area contributed by atoms with Crippen LogP contribution in [0.15, 0.2) is 23.7 Å². The average Bonchev–Trinajstić information content (AvgIpc) is 3.37. The molecule has 1 aliphatic heterocycles. The van der Waals surface area contributed by atoms with E-state index in [9.17, 15) is 19.2 Å². The Morgan fingerprint density at radius 1 is 1.33 bits per heavy atom. The van der Waals surface area contributed by atoms with Crippen LogP contribution in [0.3, 0.4) is 0 Å². The second-order valence-corrected chi connectivity index (χ2v) is 8.11. The first-order valence-electron chi connectivity index (χ1n) is 10.2. The minimum Gasteiger partial charge on any atom is -0.481 e. The summed E-state index contributed by atoms with van der Waals surface area (Å²) in [5.74, 6) is -1.90. The Labute approximate surface area is 192 Å². The number of piperidine rings is 1. The van der Waals surface area contributed by atoms with Gasteiger partial charge in [0.25, 0.3) is 5.91 Å². The predicted octanol–water partition coefficient (Wildman–Crippen LogP) is 1.74. The Kier molecular flexibility index (Phi) is 6.36. The molecule has 2 aromatic heterocycles. The molecule has 1 aliphatic rings. The van der Waals surface area contributed by atoms with Gasteiger partial charge in [-0.15, -0.1) is 11.3 Å². The maximum absolute atomic E-state index is 12.4. The van der Waals surface area contributed by atoms with Crippen LogP contribution in [0.4, 0.5) is 5.00 Å². The largest absolute Gasteiger partial charge is 0.481 e. The van der Waals surface area contributed by atoms with Gasteiger partial charge in [0, 0.05) is 18.9 Å². The molecule has 3 heterocycles. The molecule has 1 fully saturated rings. The van der Waals surface area contributed by atoms with E-state index in [0.717, 1.165) is 11.3 Å². The first kappa shape index (κ1) is 22.4. The zero-order valence-corrected chi connectivity index (χ0v) is 18.7. The number of imide groups is 1. The number of benzene rings is 1. The molecule has 2 N–H and O–H groups in total. The summed E-state index contributed by atoms with van der Waals surface area (Å²) in [6.45, 7) is 1.56. The van der Waals surface area contributed by atoms with Crippen molar-refractivity contribution in [3.05, 3.63) is 35.1 Å². The Balaban J connectivity index is 1.50. The van der Waals surface area contributed by atoms with E-state index in [1.54, 1.807) is 30.8 Å². The van der Waals surface area contributed by atoms with Crippen molar-refractivity contribution >= 4 is 50.9 Å². The normalized spacial score (nSPS) is 15.9. The van der Waals surface area contributed by atoms with E-state index in [-0.39, 0.29) is 42.1 Å². The number of nitrogens with zero attached hydrogens (tertiary/aromatic N) is 3. The molecule has 0 saturated carbocycles. The van der Waals surface area contributed by atoms with Gasteiger partial charge in [0.05, 0.1) is 23.7 Å². The van der Waals surface area contributed by atoms with Gasteiger partial charge in [-0.25, -0.2) is 9.78 Å². The number of hydrogen-bond donors (Lipinski definition) is 2. The molecule has 1 aromatic carbocycles. The van der Waals surface area contributed by atoms with E-state index in [4.69, 9.17) is 9.47 Å². The number of amides is 3. The number of ether oxygens (including phenoxy) is 2. The lowest BCUT2D eigenvalue weighted by atomic mass is 9.93. The molecule has 1 atom stereocenters. The maximum Gasteiger partial charge on any atom is 0.360 e. The molecule has 0 spiro atoms. The van der Waals surface area contributed by atoms with Crippen LogP contribution in [0, 0.1) is 0 Å². The third-order valence-electron chi connectivity index (χ3n) is 5.07. The van der Waals surface area contributed by atoms with E-state index in [1.165, 1.54) is 5.51 Å². The Hall–Kier alpha value is -3.80. The first-order chi connectivity index (χ1) is 15.9. The third kappa shape index (κ3) is 4.55. The van der Waals surface area contributed by atoms with Gasteiger partial charge in [-0.1, -0.05) is 12.1 Å². The van der Waals surface area contributed by atoms with Crippen molar-refractivity contribution in [3.63, 3.8) is 0 Å². The second kappa shape index (κ2) is 9.36. The van der Waals surface area contributed by atoms with Crippen molar-refractivity contribution < 1.29 is 28.7 Å². The molecule has 1 unspecified atom stereocenters. The van der Waals surface area contributed by atoms with Gasteiger partial charge in [-0.05, 0) is 19.4 Å². The number of aromatic nitrogens is 3. The number of para-hydroxylation sites is 1. The summed E-state index contributed by atoms with van der Waals surface area (Å²) in [5, 5.41) is 10.4. The molecule has 11 nitrogen and oxygen atoms in total. The van der Waals surface area contributed by atoms with Gasteiger partial charge >= 0.3 is 5.97 Å². The predicted molar refractivity (Wildman–Crippen MR) is 118 cm³/mol. The maximum atomic E-state index is 12.4. The molecular formula is C21H21N5O6S. The standard InChI is InChI=1S/C21H21N5O6S/c1-3-31-21(30)17-20(33-10-22-17)24-15(28)9-32-13-6-4-5-11-16(25-26(2)18(11)13)12-7-8-14(27)23-19(12)29/h4-6,10,12H,3,7-9H2,1-2H3,(H,24,28)(H,23,27,29). The molecule has 3 aromatic rings. The molecule has 172 valence electrons. The number of aryl methyl sites for hydroxylation is 1. The van der Waals surface area contributed by atoms with Crippen molar-refractivity contribution in [1.29, 1.82) is 0 Å². The number of anilines is 1. The van der Waals surface area contributed by atoms with E-state index >= 15 is 0 Å². The number of nitrogens with one attached hydrogen (secondary N) is 2. The topological polar surface area (TPSA) is 142 Å². The molecule has 4 rings (SSSR count). The van der Waals surface area contributed by atoms with E-state index in [0.29, 0.717) is 28.8 Å². The molecule has 0 bridgehead atoms. The van der Waals surface area contributed by atoms with E-state index < -0.39 is 17.8 Å². The van der Waals surface area contributed by atoms with Crippen molar-refractivity contribution in [2.75, 3.05) is 18.5 Å². The highest BCUT2D eigenvalue weighted by molar-refractivity contribution is 7.14. The van der Waals surface area contributed by atoms with Gasteiger partial charge in [-0.2, -0.15) is 5.10 Å². The van der Waals surface area contributed by atoms with Gasteiger partial charge in [-0.3, -0.25) is 24.4 Å². The highest BCUT2D eigenvalue weighted by Crippen LogP contribution is 2.34. The lowest BCUT2D eigenvalue weighted by molar-refractivity contribution is -0.134. The van der Waals surface area contributed by atoms with Crippen LogP contribution >= 0.6 is 11.3 Å². The number of carbonyl (C=O) groups excluding carboxylic acids is 4. The molecule has 33 heavy (non-hydrogen) atoms. The molecular weight excluding hydrogens is 450 g/mol. The van der Waals surface area contributed by atoms with Crippen molar-refractivity contribution in [1.82, 2.24) is 20.1 Å². The summed E-state index contributed by atoms with van der Waals surface area (Å²) in [7, 11) is 1.72. The summed E-state index contributed by atoms with van der Waals surface area (Å²) in [6.07, 6.45) is 0.623. The minimum absolute atomic E-state index is 0.0396. The van der Waals surface area contributed by atoms with Crippen LogP contribution < -0.4 is 15.4 Å². The van der Waals surface area contributed by atoms with Crippen molar-refractivity contribution in [3.8, 4) is 5.75 Å². The lowest BCUT2D eigenvalue weighted by Gasteiger charge is -2.19. The fourth-order valence-electron chi connectivity index (χ4n) is 3.64. The molecule has 0 radical (unpaired) electrons. The molecule has 0 aliphatic carbocycles. The lowest BCUT2D eigenvalue weighted by Crippen LogP contribution is -2.39. The average molecular weight is 471 g/mol. The number of hydrogen-bond acceptors (Lipinski definition) is 9. The van der Waals surface area contributed by atoms with Crippen LogP contribution in [-0.4, -0.2) is 51.7 Å². The van der Waals surface area contributed by atoms with Gasteiger partial charge in [0.1, 0.15) is 16.3 Å². The fourth-order valence-corrected chi connectivity index (χ4v) is 4.33. The number of carbonyl (C=O) groups is 4. The van der Waals surface area contributed by atoms with Crippen molar-refractivity contribution in [2.45, 2.75) is 25.7 Å². The summed E-state index contributed by atoms with van der Waals surface area (Å²) in [6, 6.07) is 5.26. The third-order valence-corrected chi connectivity index (χ3v) is 5.82. The zero-order valence-electron chi connectivity index (χ0n) is 17.9. The quantitative estimate of drug-likeness (QED) is 0.392. The summed E-state index contributed by atoms with van der Waals surface area (Å²) in [4.78, 5) is 52.1. The number of fused-ring (bicyclic) bond motifs is 1.